The largest absolute Gasteiger partial charge is 0.493 e. The number of hydrogen-bond acceptors (Lipinski definition) is 5. The van der Waals surface area contributed by atoms with Crippen LogP contribution in [0, 0.1) is 5.82 Å². The van der Waals surface area contributed by atoms with Crippen LogP contribution in [0.15, 0.2) is 24.4 Å². The topological polar surface area (TPSA) is 69.7 Å². The molecule has 0 spiro atoms. The van der Waals surface area contributed by atoms with Crippen molar-refractivity contribution in [1.82, 2.24) is 4.98 Å². The van der Waals surface area contributed by atoms with E-state index in [2.05, 4.69) is 10.3 Å². The molecule has 2 rings (SSSR count). The Morgan fingerprint density at radius 2 is 2.08 bits per heavy atom. The third-order valence-electron chi connectivity index (χ3n) is 2.99. The molecule has 1 N–H and O–H groups in total. The Balaban J connectivity index is 2.45. The normalized spacial score (nSPS) is 10.4. The van der Waals surface area contributed by atoms with Crippen molar-refractivity contribution < 1.29 is 23.4 Å². The number of carbonyl (C=O) groups is 1. The number of halogens is 2. The van der Waals surface area contributed by atoms with E-state index < -0.39 is 11.7 Å². The average Bonchev–Trinajstić information content (AvgIpc) is 2.53. The smallest absolute Gasteiger partial charge is 0.221 e. The lowest BCUT2D eigenvalue weighted by Gasteiger charge is -2.15. The van der Waals surface area contributed by atoms with Gasteiger partial charge in [0.05, 0.1) is 24.4 Å². The van der Waals surface area contributed by atoms with E-state index in [0.717, 1.165) is 6.07 Å². The summed E-state index contributed by atoms with van der Waals surface area (Å²) in [7, 11) is 3.00. The van der Waals surface area contributed by atoms with E-state index in [9.17, 15) is 9.18 Å². The number of methoxy groups -OCH3 is 2. The van der Waals surface area contributed by atoms with Crippen molar-refractivity contribution in [1.29, 1.82) is 0 Å². The minimum Gasteiger partial charge on any atom is -0.493 e. The molecule has 1 aromatic carbocycles. The Morgan fingerprint density at radius 1 is 1.33 bits per heavy atom. The predicted octanol–water partition coefficient (Wildman–Crippen LogP) is 3.78. The Kier molecular flexibility index (Phi) is 5.94. The average molecular weight is 355 g/mol. The van der Waals surface area contributed by atoms with Crippen LogP contribution in [0.5, 0.6) is 17.2 Å². The van der Waals surface area contributed by atoms with Crippen molar-refractivity contribution in [3.63, 3.8) is 0 Å². The van der Waals surface area contributed by atoms with Gasteiger partial charge >= 0.3 is 0 Å². The maximum absolute atomic E-state index is 13.9. The number of amides is 1. The van der Waals surface area contributed by atoms with Crippen LogP contribution in [0.4, 0.5) is 10.1 Å². The number of rotatable bonds is 6. The zero-order chi connectivity index (χ0) is 17.7. The SMILES string of the molecule is COCc1nccc(OC)c1Oc1cc(NC(C)=O)c(F)cc1Cl. The van der Waals surface area contributed by atoms with Gasteiger partial charge in [-0.15, -0.1) is 0 Å². The lowest BCUT2D eigenvalue weighted by atomic mass is 10.2. The Hall–Kier alpha value is -2.38. The van der Waals surface area contributed by atoms with Crippen LogP contribution in [0.25, 0.3) is 0 Å². The van der Waals surface area contributed by atoms with Crippen molar-refractivity contribution in [2.24, 2.45) is 0 Å². The minimum atomic E-state index is -0.669. The van der Waals surface area contributed by atoms with Crippen molar-refractivity contribution >= 4 is 23.2 Å². The van der Waals surface area contributed by atoms with Gasteiger partial charge in [0.15, 0.2) is 11.5 Å². The minimum absolute atomic E-state index is 0.0378. The highest BCUT2D eigenvalue weighted by Gasteiger charge is 2.17. The summed E-state index contributed by atoms with van der Waals surface area (Å²) < 4.78 is 30.0. The fourth-order valence-corrected chi connectivity index (χ4v) is 2.17. The molecular formula is C16H16ClFN2O4. The highest BCUT2D eigenvalue weighted by Crippen LogP contribution is 2.39. The highest BCUT2D eigenvalue weighted by molar-refractivity contribution is 6.32. The van der Waals surface area contributed by atoms with Gasteiger partial charge in [0.1, 0.15) is 17.3 Å². The molecule has 0 saturated carbocycles. The van der Waals surface area contributed by atoms with Crippen molar-refractivity contribution in [2.75, 3.05) is 19.5 Å². The molecule has 0 unspecified atom stereocenters. The monoisotopic (exact) mass is 354 g/mol. The predicted molar refractivity (Wildman–Crippen MR) is 87.3 cm³/mol. The summed E-state index contributed by atoms with van der Waals surface area (Å²) in [5.74, 6) is -0.229. The van der Waals surface area contributed by atoms with E-state index in [4.69, 9.17) is 25.8 Å². The number of ether oxygens (including phenoxy) is 3. The number of benzene rings is 1. The standard InChI is InChI=1S/C16H16ClFN2O4/c1-9(21)20-12-7-15(10(17)6-11(12)18)24-16-13(8-22-2)19-5-4-14(16)23-3/h4-7H,8H2,1-3H3,(H,20,21). The number of anilines is 1. The van der Waals surface area contributed by atoms with Crippen LogP contribution in [-0.4, -0.2) is 25.1 Å². The molecule has 0 fully saturated rings. The summed E-state index contributed by atoms with van der Waals surface area (Å²) in [6, 6.07) is 3.96. The molecule has 0 radical (unpaired) electrons. The third kappa shape index (κ3) is 4.12. The number of carbonyl (C=O) groups excluding carboxylic acids is 1. The zero-order valence-electron chi connectivity index (χ0n) is 13.4. The van der Waals surface area contributed by atoms with Crippen LogP contribution in [0.2, 0.25) is 5.02 Å². The van der Waals surface area contributed by atoms with Crippen LogP contribution in [0.3, 0.4) is 0 Å². The van der Waals surface area contributed by atoms with Gasteiger partial charge in [-0.25, -0.2) is 4.39 Å². The molecule has 0 atom stereocenters. The van der Waals surface area contributed by atoms with Crippen LogP contribution in [0.1, 0.15) is 12.6 Å². The molecular weight excluding hydrogens is 339 g/mol. The van der Waals surface area contributed by atoms with Gasteiger partial charge in [0, 0.05) is 32.4 Å². The lowest BCUT2D eigenvalue weighted by Crippen LogP contribution is -2.08. The quantitative estimate of drug-likeness (QED) is 0.854. The maximum atomic E-state index is 13.9. The molecule has 24 heavy (non-hydrogen) atoms. The molecule has 2 aromatic rings. The van der Waals surface area contributed by atoms with E-state index in [1.165, 1.54) is 27.2 Å². The number of nitrogens with one attached hydrogen (secondary N) is 1. The molecule has 0 aliphatic heterocycles. The number of aromatic nitrogens is 1. The Labute approximate surface area is 143 Å². The zero-order valence-corrected chi connectivity index (χ0v) is 14.1. The van der Waals surface area contributed by atoms with Gasteiger partial charge < -0.3 is 19.5 Å². The van der Waals surface area contributed by atoms with E-state index in [-0.39, 0.29) is 23.1 Å². The molecule has 0 saturated heterocycles. The first kappa shape index (κ1) is 18.0. The molecule has 0 aliphatic rings. The summed E-state index contributed by atoms with van der Waals surface area (Å²) in [5.41, 5.74) is 0.441. The van der Waals surface area contributed by atoms with E-state index in [1.54, 1.807) is 12.3 Å². The second-order valence-electron chi connectivity index (χ2n) is 4.77. The summed E-state index contributed by atoms with van der Waals surface area (Å²) in [6.45, 7) is 1.46. The van der Waals surface area contributed by atoms with Crippen molar-refractivity contribution in [2.45, 2.75) is 13.5 Å². The van der Waals surface area contributed by atoms with E-state index in [1.807, 2.05) is 0 Å². The molecule has 1 aromatic heterocycles. The Bertz CT molecular complexity index is 755. The second-order valence-corrected chi connectivity index (χ2v) is 5.17. The molecule has 6 nitrogen and oxygen atoms in total. The Morgan fingerprint density at radius 3 is 2.71 bits per heavy atom. The fourth-order valence-electron chi connectivity index (χ4n) is 1.98. The van der Waals surface area contributed by atoms with Gasteiger partial charge in [-0.1, -0.05) is 11.6 Å². The molecule has 1 amide bonds. The van der Waals surface area contributed by atoms with Gasteiger partial charge in [0.2, 0.25) is 5.91 Å². The summed E-state index contributed by atoms with van der Waals surface area (Å²) in [5, 5.41) is 2.41. The number of nitrogens with zero attached hydrogens (tertiary/aromatic N) is 1. The summed E-state index contributed by atoms with van der Waals surface area (Å²) in [6.07, 6.45) is 1.55. The highest BCUT2D eigenvalue weighted by atomic mass is 35.5. The first-order chi connectivity index (χ1) is 11.5. The summed E-state index contributed by atoms with van der Waals surface area (Å²) >= 11 is 6.04. The van der Waals surface area contributed by atoms with Gasteiger partial charge in [-0.05, 0) is 6.07 Å². The van der Waals surface area contributed by atoms with Gasteiger partial charge in [0.25, 0.3) is 0 Å². The van der Waals surface area contributed by atoms with E-state index in [0.29, 0.717) is 17.2 Å². The first-order valence-corrected chi connectivity index (χ1v) is 7.29. The van der Waals surface area contributed by atoms with Crippen LogP contribution < -0.4 is 14.8 Å². The number of pyridine rings is 1. The van der Waals surface area contributed by atoms with Gasteiger partial charge in [-0.3, -0.25) is 9.78 Å². The molecule has 128 valence electrons. The van der Waals surface area contributed by atoms with Crippen LogP contribution in [-0.2, 0) is 16.1 Å². The lowest BCUT2D eigenvalue weighted by molar-refractivity contribution is -0.114. The van der Waals surface area contributed by atoms with E-state index >= 15 is 0 Å². The molecule has 8 heteroatoms. The van der Waals surface area contributed by atoms with Crippen molar-refractivity contribution in [3.8, 4) is 17.2 Å². The molecule has 0 aliphatic carbocycles. The van der Waals surface area contributed by atoms with Crippen molar-refractivity contribution in [3.05, 3.63) is 40.9 Å². The maximum Gasteiger partial charge on any atom is 0.221 e. The second kappa shape index (κ2) is 7.94. The third-order valence-corrected chi connectivity index (χ3v) is 3.28. The fraction of sp³-hybridized carbons (Fsp3) is 0.250. The van der Waals surface area contributed by atoms with Gasteiger partial charge in [-0.2, -0.15) is 0 Å². The molecule has 1 heterocycles. The van der Waals surface area contributed by atoms with Crippen LogP contribution >= 0.6 is 11.6 Å². The first-order valence-electron chi connectivity index (χ1n) is 6.91. The summed E-state index contributed by atoms with van der Waals surface area (Å²) in [4.78, 5) is 15.3. The molecule has 0 bridgehead atoms. The number of hydrogen-bond donors (Lipinski definition) is 1.